The van der Waals surface area contributed by atoms with Gasteiger partial charge in [-0.15, -0.1) is 0 Å². The fourth-order valence-electron chi connectivity index (χ4n) is 2.37. The normalized spacial score (nSPS) is 31.7. The van der Waals surface area contributed by atoms with Gasteiger partial charge in [-0.25, -0.2) is 0 Å². The van der Waals surface area contributed by atoms with E-state index in [0.29, 0.717) is 0 Å². The molecule has 0 amide bonds. The molecule has 2 atom stereocenters. The molecule has 2 nitrogen and oxygen atoms in total. The maximum Gasteiger partial charge on any atom is 0.0271 e. The molecule has 2 heterocycles. The van der Waals surface area contributed by atoms with E-state index in [-0.39, 0.29) is 0 Å². The summed E-state index contributed by atoms with van der Waals surface area (Å²) in [6.07, 6.45) is 5.26. The van der Waals surface area contributed by atoms with E-state index in [0.717, 1.165) is 18.4 Å². The molecule has 0 spiro atoms. The van der Waals surface area contributed by atoms with Crippen molar-refractivity contribution >= 4 is 0 Å². The van der Waals surface area contributed by atoms with Gasteiger partial charge in [0.05, 0.1) is 0 Å². The van der Waals surface area contributed by atoms with Crippen LogP contribution in [0.25, 0.3) is 0 Å². The number of pyridine rings is 1. The molecule has 0 N–H and O–H groups in total. The lowest BCUT2D eigenvalue weighted by Gasteiger charge is -2.16. The Balaban J connectivity index is 1.63. The maximum atomic E-state index is 4.03. The predicted molar refractivity (Wildman–Crippen MR) is 51.1 cm³/mol. The number of fused-ring (bicyclic) bond motifs is 1. The second-order valence-corrected chi connectivity index (χ2v) is 4.31. The fraction of sp³-hybridized carbons (Fsp3) is 0.545. The lowest BCUT2D eigenvalue weighted by molar-refractivity contribution is 0.297. The maximum absolute atomic E-state index is 4.03. The standard InChI is InChI=1S/C11H14N2/c1-3-12-4-2-9(1)6-13-7-10-5-11(10)8-13/h1-4,10-11H,5-8H2. The van der Waals surface area contributed by atoms with Gasteiger partial charge in [-0.1, -0.05) is 0 Å². The third kappa shape index (κ3) is 1.46. The van der Waals surface area contributed by atoms with E-state index < -0.39 is 0 Å². The molecule has 1 aliphatic heterocycles. The summed E-state index contributed by atoms with van der Waals surface area (Å²) in [5, 5.41) is 0. The number of rotatable bonds is 2. The molecule has 1 aromatic heterocycles. The lowest BCUT2D eigenvalue weighted by atomic mass is 10.2. The van der Waals surface area contributed by atoms with Gasteiger partial charge in [0.25, 0.3) is 0 Å². The average molecular weight is 174 g/mol. The molecule has 13 heavy (non-hydrogen) atoms. The highest BCUT2D eigenvalue weighted by Gasteiger charge is 2.44. The Hall–Kier alpha value is -0.890. The zero-order valence-corrected chi connectivity index (χ0v) is 7.69. The SMILES string of the molecule is c1cc(CN2CC3CC3C2)ccn1. The van der Waals surface area contributed by atoms with Crippen molar-refractivity contribution in [2.75, 3.05) is 13.1 Å². The third-order valence-corrected chi connectivity index (χ3v) is 3.21. The van der Waals surface area contributed by atoms with E-state index >= 15 is 0 Å². The van der Waals surface area contributed by atoms with Crippen LogP contribution in [0.15, 0.2) is 24.5 Å². The summed E-state index contributed by atoms with van der Waals surface area (Å²) in [6, 6.07) is 4.23. The van der Waals surface area contributed by atoms with Crippen LogP contribution < -0.4 is 0 Å². The number of likely N-dealkylation sites (tertiary alicyclic amines) is 1. The molecule has 2 heteroatoms. The zero-order valence-electron chi connectivity index (χ0n) is 7.69. The highest BCUT2D eigenvalue weighted by atomic mass is 15.2. The molecule has 1 saturated heterocycles. The summed E-state index contributed by atoms with van der Waals surface area (Å²) in [5.41, 5.74) is 1.40. The van der Waals surface area contributed by atoms with E-state index in [2.05, 4.69) is 22.0 Å². The Kier molecular flexibility index (Phi) is 1.62. The molecule has 2 aliphatic rings. The van der Waals surface area contributed by atoms with Crippen molar-refractivity contribution in [2.45, 2.75) is 13.0 Å². The van der Waals surface area contributed by atoms with Crippen molar-refractivity contribution in [3.05, 3.63) is 30.1 Å². The topological polar surface area (TPSA) is 16.1 Å². The van der Waals surface area contributed by atoms with Crippen molar-refractivity contribution in [3.8, 4) is 0 Å². The first-order chi connectivity index (χ1) is 6.42. The Morgan fingerprint density at radius 2 is 1.92 bits per heavy atom. The first kappa shape index (κ1) is 7.51. The predicted octanol–water partition coefficient (Wildman–Crippen LogP) is 1.53. The van der Waals surface area contributed by atoms with Gasteiger partial charge in [0, 0.05) is 32.0 Å². The smallest absolute Gasteiger partial charge is 0.0271 e. The summed E-state index contributed by atoms with van der Waals surface area (Å²) in [5.74, 6) is 2.09. The first-order valence-electron chi connectivity index (χ1n) is 5.03. The van der Waals surface area contributed by atoms with Crippen molar-refractivity contribution in [1.29, 1.82) is 0 Å². The number of nitrogens with zero attached hydrogens (tertiary/aromatic N) is 2. The molecule has 0 radical (unpaired) electrons. The minimum atomic E-state index is 1.04. The van der Waals surface area contributed by atoms with Crippen LogP contribution in [0.1, 0.15) is 12.0 Å². The minimum absolute atomic E-state index is 1.04. The van der Waals surface area contributed by atoms with Crippen LogP contribution in [0.3, 0.4) is 0 Å². The van der Waals surface area contributed by atoms with Crippen LogP contribution in [0.5, 0.6) is 0 Å². The number of hydrogen-bond acceptors (Lipinski definition) is 2. The molecule has 2 unspecified atom stereocenters. The van der Waals surface area contributed by atoms with Crippen LogP contribution in [0, 0.1) is 11.8 Å². The fourth-order valence-corrected chi connectivity index (χ4v) is 2.37. The highest BCUT2D eigenvalue weighted by Crippen LogP contribution is 2.45. The first-order valence-corrected chi connectivity index (χ1v) is 5.03. The monoisotopic (exact) mass is 174 g/mol. The van der Waals surface area contributed by atoms with Crippen LogP contribution in [-0.4, -0.2) is 23.0 Å². The van der Waals surface area contributed by atoms with Gasteiger partial charge in [0.2, 0.25) is 0 Å². The molecule has 2 fully saturated rings. The third-order valence-electron chi connectivity index (χ3n) is 3.21. The van der Waals surface area contributed by atoms with E-state index in [1.54, 1.807) is 0 Å². The Morgan fingerprint density at radius 1 is 1.23 bits per heavy atom. The summed E-state index contributed by atoms with van der Waals surface area (Å²) < 4.78 is 0. The van der Waals surface area contributed by atoms with E-state index in [9.17, 15) is 0 Å². The molecule has 0 bridgehead atoms. The quantitative estimate of drug-likeness (QED) is 0.676. The second-order valence-electron chi connectivity index (χ2n) is 4.31. The van der Waals surface area contributed by atoms with E-state index in [4.69, 9.17) is 0 Å². The minimum Gasteiger partial charge on any atom is -0.299 e. The zero-order chi connectivity index (χ0) is 8.67. The van der Waals surface area contributed by atoms with E-state index in [1.165, 1.54) is 25.1 Å². The average Bonchev–Trinajstić information content (AvgIpc) is 2.76. The van der Waals surface area contributed by atoms with Crippen molar-refractivity contribution in [3.63, 3.8) is 0 Å². The van der Waals surface area contributed by atoms with E-state index in [1.807, 2.05) is 12.4 Å². The molecular weight excluding hydrogens is 160 g/mol. The molecule has 0 aromatic carbocycles. The molecule has 1 aromatic rings. The second kappa shape index (κ2) is 2.81. The number of piperidine rings is 1. The van der Waals surface area contributed by atoms with Crippen molar-refractivity contribution < 1.29 is 0 Å². The Morgan fingerprint density at radius 3 is 2.62 bits per heavy atom. The van der Waals surface area contributed by atoms with Crippen LogP contribution in [-0.2, 0) is 6.54 Å². The van der Waals surface area contributed by atoms with Gasteiger partial charge in [0.1, 0.15) is 0 Å². The summed E-state index contributed by atoms with van der Waals surface area (Å²) in [6.45, 7) is 3.77. The van der Waals surface area contributed by atoms with Crippen molar-refractivity contribution in [1.82, 2.24) is 9.88 Å². The molecule has 1 aliphatic carbocycles. The molecule has 3 rings (SSSR count). The van der Waals surface area contributed by atoms with Gasteiger partial charge in [0.15, 0.2) is 0 Å². The van der Waals surface area contributed by atoms with Crippen LogP contribution in [0.2, 0.25) is 0 Å². The summed E-state index contributed by atoms with van der Waals surface area (Å²) in [4.78, 5) is 6.59. The van der Waals surface area contributed by atoms with Crippen LogP contribution >= 0.6 is 0 Å². The lowest BCUT2D eigenvalue weighted by Crippen LogP contribution is -2.21. The van der Waals surface area contributed by atoms with Crippen molar-refractivity contribution in [2.24, 2.45) is 11.8 Å². The van der Waals surface area contributed by atoms with Crippen LogP contribution in [0.4, 0.5) is 0 Å². The van der Waals surface area contributed by atoms with Gasteiger partial charge < -0.3 is 0 Å². The largest absolute Gasteiger partial charge is 0.299 e. The summed E-state index contributed by atoms with van der Waals surface area (Å²) >= 11 is 0. The number of aromatic nitrogens is 1. The Labute approximate surface area is 78.6 Å². The van der Waals surface area contributed by atoms with Gasteiger partial charge in [-0.3, -0.25) is 9.88 Å². The summed E-state index contributed by atoms with van der Waals surface area (Å²) in [7, 11) is 0. The Bertz CT molecular complexity index is 286. The molecule has 68 valence electrons. The highest BCUT2D eigenvalue weighted by molar-refractivity contribution is 5.10. The molecular formula is C11H14N2. The van der Waals surface area contributed by atoms with Gasteiger partial charge in [-0.2, -0.15) is 0 Å². The van der Waals surface area contributed by atoms with Gasteiger partial charge in [-0.05, 0) is 36.0 Å². The number of hydrogen-bond donors (Lipinski definition) is 0. The van der Waals surface area contributed by atoms with Gasteiger partial charge >= 0.3 is 0 Å². The molecule has 1 saturated carbocycles.